The number of carbonyl (C=O) groups excluding carboxylic acids is 1. The van der Waals surface area contributed by atoms with Crippen LogP contribution in [0.1, 0.15) is 16.2 Å². The van der Waals surface area contributed by atoms with Crippen LogP contribution in [0.4, 0.5) is 16.0 Å². The van der Waals surface area contributed by atoms with Crippen molar-refractivity contribution in [3.63, 3.8) is 0 Å². The fourth-order valence-corrected chi connectivity index (χ4v) is 2.35. The lowest BCUT2D eigenvalue weighted by molar-refractivity contribution is 0.0299. The highest BCUT2D eigenvalue weighted by atomic mass is 19.1. The van der Waals surface area contributed by atoms with Crippen LogP contribution < -0.4 is 5.32 Å². The van der Waals surface area contributed by atoms with Crippen LogP contribution in [0.3, 0.4) is 0 Å². The SMILES string of the molecule is Cc1cc(C(=O)N2CCOCC2)nc(Nc2ccccc2F)n1. The second-order valence-electron chi connectivity index (χ2n) is 5.23. The number of aromatic nitrogens is 2. The zero-order valence-electron chi connectivity index (χ0n) is 12.8. The first-order valence-corrected chi connectivity index (χ1v) is 7.38. The van der Waals surface area contributed by atoms with E-state index in [2.05, 4.69) is 15.3 Å². The summed E-state index contributed by atoms with van der Waals surface area (Å²) >= 11 is 0. The number of anilines is 2. The van der Waals surface area contributed by atoms with E-state index in [1.54, 1.807) is 36.1 Å². The van der Waals surface area contributed by atoms with Crippen molar-refractivity contribution in [3.05, 3.63) is 47.5 Å². The standard InChI is InChI=1S/C16H17FN4O2/c1-11-10-14(15(22)21-6-8-23-9-7-21)20-16(18-11)19-13-5-3-2-4-12(13)17/h2-5,10H,6-9H2,1H3,(H,18,19,20). The molecule has 0 aliphatic carbocycles. The Hall–Kier alpha value is -2.54. The summed E-state index contributed by atoms with van der Waals surface area (Å²) < 4.78 is 19.0. The monoisotopic (exact) mass is 316 g/mol. The van der Waals surface area contributed by atoms with Gasteiger partial charge >= 0.3 is 0 Å². The molecule has 6 nitrogen and oxygen atoms in total. The van der Waals surface area contributed by atoms with Gasteiger partial charge < -0.3 is 15.0 Å². The van der Waals surface area contributed by atoms with Crippen molar-refractivity contribution in [1.82, 2.24) is 14.9 Å². The summed E-state index contributed by atoms with van der Waals surface area (Å²) in [5, 5.41) is 2.82. The zero-order valence-corrected chi connectivity index (χ0v) is 12.8. The molecule has 2 aromatic rings. The molecule has 0 spiro atoms. The van der Waals surface area contributed by atoms with Gasteiger partial charge in [-0.3, -0.25) is 4.79 Å². The number of nitrogens with one attached hydrogen (secondary N) is 1. The van der Waals surface area contributed by atoms with E-state index in [0.717, 1.165) is 0 Å². The van der Waals surface area contributed by atoms with Gasteiger partial charge in [0.05, 0.1) is 18.9 Å². The van der Waals surface area contributed by atoms with E-state index >= 15 is 0 Å². The molecule has 1 saturated heterocycles. The van der Waals surface area contributed by atoms with E-state index in [0.29, 0.717) is 37.7 Å². The van der Waals surface area contributed by atoms with E-state index in [-0.39, 0.29) is 17.5 Å². The molecular weight excluding hydrogens is 299 g/mol. The lowest BCUT2D eigenvalue weighted by Gasteiger charge is -2.26. The average molecular weight is 316 g/mol. The van der Waals surface area contributed by atoms with Gasteiger partial charge in [-0.2, -0.15) is 0 Å². The molecule has 1 aromatic heterocycles. The fraction of sp³-hybridized carbons (Fsp3) is 0.312. The smallest absolute Gasteiger partial charge is 0.272 e. The maximum absolute atomic E-state index is 13.7. The molecule has 0 saturated carbocycles. The quantitative estimate of drug-likeness (QED) is 0.939. The molecule has 3 rings (SSSR count). The first-order valence-electron chi connectivity index (χ1n) is 7.38. The Morgan fingerprint density at radius 1 is 1.26 bits per heavy atom. The van der Waals surface area contributed by atoms with Gasteiger partial charge in [0.15, 0.2) is 0 Å². The highest BCUT2D eigenvalue weighted by molar-refractivity contribution is 5.92. The third-order valence-corrected chi connectivity index (χ3v) is 3.49. The lowest BCUT2D eigenvalue weighted by Crippen LogP contribution is -2.41. The van der Waals surface area contributed by atoms with Crippen molar-refractivity contribution in [2.24, 2.45) is 0 Å². The highest BCUT2D eigenvalue weighted by Gasteiger charge is 2.20. The molecule has 0 radical (unpaired) electrons. The number of benzene rings is 1. The van der Waals surface area contributed by atoms with Crippen LogP contribution in [0.25, 0.3) is 0 Å². The Morgan fingerprint density at radius 2 is 2.00 bits per heavy atom. The Kier molecular flexibility index (Phi) is 4.47. The summed E-state index contributed by atoms with van der Waals surface area (Å²) in [6, 6.07) is 7.87. The van der Waals surface area contributed by atoms with Crippen molar-refractivity contribution in [2.45, 2.75) is 6.92 Å². The molecule has 1 aliphatic rings. The van der Waals surface area contributed by atoms with Gasteiger partial charge in [0.1, 0.15) is 11.5 Å². The molecule has 1 N–H and O–H groups in total. The van der Waals surface area contributed by atoms with Crippen LogP contribution in [0, 0.1) is 12.7 Å². The molecule has 1 aromatic carbocycles. The zero-order chi connectivity index (χ0) is 16.2. The fourth-order valence-electron chi connectivity index (χ4n) is 2.35. The third kappa shape index (κ3) is 3.62. The summed E-state index contributed by atoms with van der Waals surface area (Å²) in [6.45, 7) is 3.90. The van der Waals surface area contributed by atoms with Crippen LogP contribution in [-0.4, -0.2) is 47.1 Å². The molecule has 1 aliphatic heterocycles. The predicted octanol–water partition coefficient (Wildman–Crippen LogP) is 2.14. The Morgan fingerprint density at radius 3 is 2.74 bits per heavy atom. The minimum Gasteiger partial charge on any atom is -0.378 e. The number of rotatable bonds is 3. The number of halogens is 1. The third-order valence-electron chi connectivity index (χ3n) is 3.49. The minimum absolute atomic E-state index is 0.171. The number of hydrogen-bond acceptors (Lipinski definition) is 5. The first-order chi connectivity index (χ1) is 11.1. The summed E-state index contributed by atoms with van der Waals surface area (Å²) in [5.41, 5.74) is 1.19. The van der Waals surface area contributed by atoms with Crippen LogP contribution in [0.5, 0.6) is 0 Å². The number of hydrogen-bond donors (Lipinski definition) is 1. The summed E-state index contributed by atoms with van der Waals surface area (Å²) in [5.74, 6) is -0.374. The van der Waals surface area contributed by atoms with E-state index in [1.807, 2.05) is 0 Å². The number of nitrogens with zero attached hydrogens (tertiary/aromatic N) is 3. The molecule has 120 valence electrons. The van der Waals surface area contributed by atoms with Crippen molar-refractivity contribution >= 4 is 17.5 Å². The second kappa shape index (κ2) is 6.70. The van der Waals surface area contributed by atoms with Crippen LogP contribution >= 0.6 is 0 Å². The van der Waals surface area contributed by atoms with Gasteiger partial charge in [-0.05, 0) is 25.1 Å². The highest BCUT2D eigenvalue weighted by Crippen LogP contribution is 2.18. The van der Waals surface area contributed by atoms with Crippen molar-refractivity contribution in [3.8, 4) is 0 Å². The van der Waals surface area contributed by atoms with Crippen molar-refractivity contribution in [1.29, 1.82) is 0 Å². The first kappa shape index (κ1) is 15.4. The Balaban J connectivity index is 1.84. The normalized spacial score (nSPS) is 14.6. The van der Waals surface area contributed by atoms with Crippen LogP contribution in [0.2, 0.25) is 0 Å². The molecule has 1 amide bonds. The maximum atomic E-state index is 13.7. The lowest BCUT2D eigenvalue weighted by atomic mass is 10.2. The van der Waals surface area contributed by atoms with E-state index in [4.69, 9.17) is 4.74 Å². The largest absolute Gasteiger partial charge is 0.378 e. The van der Waals surface area contributed by atoms with Crippen molar-refractivity contribution in [2.75, 3.05) is 31.6 Å². The molecule has 0 atom stereocenters. The molecule has 1 fully saturated rings. The summed E-state index contributed by atoms with van der Waals surface area (Å²) in [4.78, 5) is 22.6. The average Bonchev–Trinajstić information content (AvgIpc) is 2.56. The molecule has 0 unspecified atom stereocenters. The van der Waals surface area contributed by atoms with Crippen molar-refractivity contribution < 1.29 is 13.9 Å². The van der Waals surface area contributed by atoms with Crippen LogP contribution in [0.15, 0.2) is 30.3 Å². The molecular formula is C16H17FN4O2. The van der Waals surface area contributed by atoms with E-state index in [9.17, 15) is 9.18 Å². The van der Waals surface area contributed by atoms with E-state index in [1.165, 1.54) is 6.07 Å². The number of amides is 1. The minimum atomic E-state index is -0.404. The number of ether oxygens (including phenoxy) is 1. The number of aryl methyl sites for hydroxylation is 1. The Labute approximate surface area is 133 Å². The van der Waals surface area contributed by atoms with Crippen LogP contribution in [-0.2, 0) is 4.74 Å². The predicted molar refractivity (Wildman–Crippen MR) is 83.2 cm³/mol. The van der Waals surface area contributed by atoms with Gasteiger partial charge in [0.25, 0.3) is 5.91 Å². The number of morpholine rings is 1. The summed E-state index contributed by atoms with van der Waals surface area (Å²) in [6.07, 6.45) is 0. The molecule has 7 heteroatoms. The number of carbonyl (C=O) groups is 1. The van der Waals surface area contributed by atoms with Gasteiger partial charge in [-0.15, -0.1) is 0 Å². The van der Waals surface area contributed by atoms with Gasteiger partial charge in [0.2, 0.25) is 5.95 Å². The van der Waals surface area contributed by atoms with Gasteiger partial charge in [0, 0.05) is 18.8 Å². The molecule has 23 heavy (non-hydrogen) atoms. The van der Waals surface area contributed by atoms with Gasteiger partial charge in [-0.25, -0.2) is 14.4 Å². The second-order valence-corrected chi connectivity index (χ2v) is 5.23. The topological polar surface area (TPSA) is 67.4 Å². The molecule has 2 heterocycles. The number of para-hydroxylation sites is 1. The van der Waals surface area contributed by atoms with E-state index < -0.39 is 5.82 Å². The Bertz CT molecular complexity index is 717. The maximum Gasteiger partial charge on any atom is 0.272 e. The molecule has 0 bridgehead atoms. The van der Waals surface area contributed by atoms with Gasteiger partial charge in [-0.1, -0.05) is 12.1 Å². The summed E-state index contributed by atoms with van der Waals surface area (Å²) in [7, 11) is 0.